The molecule has 2 heterocycles. The second-order valence-corrected chi connectivity index (χ2v) is 3.96. The summed E-state index contributed by atoms with van der Waals surface area (Å²) in [5, 5.41) is 0. The molecule has 0 spiro atoms. The normalized spacial score (nSPS) is 10.1. The van der Waals surface area contributed by atoms with E-state index in [9.17, 15) is 4.39 Å². The van der Waals surface area contributed by atoms with Crippen LogP contribution in [0, 0.1) is 5.95 Å². The number of hydrogen-bond donors (Lipinski definition) is 0. The molecular formula is C11H8BrFN2O. The van der Waals surface area contributed by atoms with Gasteiger partial charge >= 0.3 is 0 Å². The van der Waals surface area contributed by atoms with Crippen molar-refractivity contribution in [3.05, 3.63) is 52.8 Å². The Kier molecular flexibility index (Phi) is 3.46. The molecular weight excluding hydrogens is 275 g/mol. The summed E-state index contributed by atoms with van der Waals surface area (Å²) < 4.78 is 19.2. The van der Waals surface area contributed by atoms with E-state index < -0.39 is 5.95 Å². The molecule has 0 aromatic carbocycles. The number of pyridine rings is 2. The van der Waals surface area contributed by atoms with Crippen LogP contribution in [0.2, 0.25) is 0 Å². The third-order valence-corrected chi connectivity index (χ3v) is 2.36. The first kappa shape index (κ1) is 11.0. The molecule has 2 rings (SSSR count). The fraction of sp³-hybridized carbons (Fsp3) is 0.0909. The first-order valence-electron chi connectivity index (χ1n) is 4.59. The molecule has 3 nitrogen and oxygen atoms in total. The topological polar surface area (TPSA) is 35.0 Å². The minimum Gasteiger partial charge on any atom is -0.482 e. The summed E-state index contributed by atoms with van der Waals surface area (Å²) in [6.45, 7) is 0.218. The van der Waals surface area contributed by atoms with E-state index >= 15 is 0 Å². The summed E-state index contributed by atoms with van der Waals surface area (Å²) in [5.41, 5.74) is 0.728. The lowest BCUT2D eigenvalue weighted by Gasteiger charge is -2.05. The standard InChI is InChI=1S/C11H8BrFN2O/c12-8-3-4-9(15-6-8)7-16-10-2-1-5-14-11(10)13/h1-6H,7H2. The van der Waals surface area contributed by atoms with Crippen LogP contribution >= 0.6 is 15.9 Å². The van der Waals surface area contributed by atoms with E-state index in [-0.39, 0.29) is 12.4 Å². The lowest BCUT2D eigenvalue weighted by atomic mass is 10.4. The summed E-state index contributed by atoms with van der Waals surface area (Å²) in [6.07, 6.45) is 3.04. The van der Waals surface area contributed by atoms with Gasteiger partial charge in [-0.3, -0.25) is 4.98 Å². The van der Waals surface area contributed by atoms with Crippen molar-refractivity contribution in [2.45, 2.75) is 6.61 Å². The van der Waals surface area contributed by atoms with Crippen LogP contribution in [0.3, 0.4) is 0 Å². The average Bonchev–Trinajstić information content (AvgIpc) is 2.30. The molecule has 0 aliphatic heterocycles. The number of halogens is 2. The van der Waals surface area contributed by atoms with Gasteiger partial charge in [0.2, 0.25) is 0 Å². The van der Waals surface area contributed by atoms with E-state index in [4.69, 9.17) is 4.74 Å². The van der Waals surface area contributed by atoms with Crippen LogP contribution < -0.4 is 4.74 Å². The molecule has 16 heavy (non-hydrogen) atoms. The SMILES string of the molecule is Fc1ncccc1OCc1ccc(Br)cn1. The van der Waals surface area contributed by atoms with Gasteiger partial charge in [0.15, 0.2) is 5.75 Å². The zero-order valence-corrected chi connectivity index (χ0v) is 9.82. The Morgan fingerprint density at radius 1 is 1.25 bits per heavy atom. The van der Waals surface area contributed by atoms with Crippen molar-refractivity contribution in [2.24, 2.45) is 0 Å². The monoisotopic (exact) mass is 282 g/mol. The van der Waals surface area contributed by atoms with E-state index in [1.165, 1.54) is 12.3 Å². The molecule has 2 aromatic heterocycles. The predicted octanol–water partition coefficient (Wildman–Crippen LogP) is 2.96. The fourth-order valence-electron chi connectivity index (χ4n) is 1.12. The number of aromatic nitrogens is 2. The van der Waals surface area contributed by atoms with Gasteiger partial charge in [0.05, 0.1) is 5.69 Å². The zero-order valence-electron chi connectivity index (χ0n) is 8.23. The first-order valence-corrected chi connectivity index (χ1v) is 5.39. The minimum absolute atomic E-state index is 0.132. The lowest BCUT2D eigenvalue weighted by molar-refractivity contribution is 0.281. The molecule has 0 saturated heterocycles. The molecule has 0 atom stereocenters. The Balaban J connectivity index is 2.02. The van der Waals surface area contributed by atoms with E-state index in [0.29, 0.717) is 0 Å². The predicted molar refractivity (Wildman–Crippen MR) is 60.5 cm³/mol. The van der Waals surface area contributed by atoms with E-state index in [1.807, 2.05) is 6.07 Å². The molecule has 5 heteroatoms. The molecule has 0 saturated carbocycles. The van der Waals surface area contributed by atoms with Crippen LogP contribution in [-0.2, 0) is 6.61 Å². The van der Waals surface area contributed by atoms with Crippen LogP contribution in [-0.4, -0.2) is 9.97 Å². The molecule has 0 fully saturated rings. The smallest absolute Gasteiger partial charge is 0.255 e. The third-order valence-electron chi connectivity index (χ3n) is 1.89. The molecule has 82 valence electrons. The van der Waals surface area contributed by atoms with Gasteiger partial charge in [-0.05, 0) is 40.2 Å². The van der Waals surface area contributed by atoms with Gasteiger partial charge in [-0.25, -0.2) is 4.98 Å². The second kappa shape index (κ2) is 5.03. The zero-order chi connectivity index (χ0) is 11.4. The van der Waals surface area contributed by atoms with E-state index in [0.717, 1.165) is 10.2 Å². The highest BCUT2D eigenvalue weighted by Crippen LogP contribution is 2.15. The largest absolute Gasteiger partial charge is 0.482 e. The Morgan fingerprint density at radius 2 is 2.12 bits per heavy atom. The molecule has 0 aliphatic carbocycles. The van der Waals surface area contributed by atoms with E-state index in [2.05, 4.69) is 25.9 Å². The summed E-state index contributed by atoms with van der Waals surface area (Å²) >= 11 is 3.28. The van der Waals surface area contributed by atoms with Gasteiger partial charge in [-0.15, -0.1) is 0 Å². The Labute approximate surface area is 100 Å². The maximum Gasteiger partial charge on any atom is 0.255 e. The Hall–Kier alpha value is -1.49. The van der Waals surface area contributed by atoms with Gasteiger partial charge in [0, 0.05) is 16.9 Å². The van der Waals surface area contributed by atoms with Crippen molar-refractivity contribution < 1.29 is 9.13 Å². The van der Waals surface area contributed by atoms with Crippen molar-refractivity contribution in [3.8, 4) is 5.75 Å². The Bertz CT molecular complexity index is 476. The van der Waals surface area contributed by atoms with Crippen molar-refractivity contribution in [1.82, 2.24) is 9.97 Å². The summed E-state index contributed by atoms with van der Waals surface area (Å²) in [7, 11) is 0. The van der Waals surface area contributed by atoms with E-state index in [1.54, 1.807) is 18.3 Å². The van der Waals surface area contributed by atoms with Crippen LogP contribution in [0.1, 0.15) is 5.69 Å². The first-order chi connectivity index (χ1) is 7.75. The van der Waals surface area contributed by atoms with Crippen molar-refractivity contribution in [1.29, 1.82) is 0 Å². The second-order valence-electron chi connectivity index (χ2n) is 3.05. The van der Waals surface area contributed by atoms with Crippen LogP contribution in [0.4, 0.5) is 4.39 Å². The molecule has 0 bridgehead atoms. The molecule has 0 unspecified atom stereocenters. The Morgan fingerprint density at radius 3 is 2.81 bits per heavy atom. The molecule has 0 radical (unpaired) electrons. The number of hydrogen-bond acceptors (Lipinski definition) is 3. The van der Waals surface area contributed by atoms with Gasteiger partial charge in [0.1, 0.15) is 6.61 Å². The summed E-state index contributed by atoms with van der Waals surface area (Å²) in [5.74, 6) is -0.480. The van der Waals surface area contributed by atoms with Gasteiger partial charge in [-0.2, -0.15) is 4.39 Å². The minimum atomic E-state index is -0.611. The van der Waals surface area contributed by atoms with Crippen LogP contribution in [0.5, 0.6) is 5.75 Å². The van der Waals surface area contributed by atoms with Crippen LogP contribution in [0.25, 0.3) is 0 Å². The van der Waals surface area contributed by atoms with Crippen molar-refractivity contribution in [3.63, 3.8) is 0 Å². The molecule has 0 N–H and O–H groups in total. The molecule has 0 amide bonds. The van der Waals surface area contributed by atoms with Crippen molar-refractivity contribution >= 4 is 15.9 Å². The fourth-order valence-corrected chi connectivity index (χ4v) is 1.36. The van der Waals surface area contributed by atoms with Gasteiger partial charge < -0.3 is 4.74 Å². The van der Waals surface area contributed by atoms with Crippen molar-refractivity contribution in [2.75, 3.05) is 0 Å². The third kappa shape index (κ3) is 2.76. The summed E-state index contributed by atoms with van der Waals surface area (Å²) in [4.78, 5) is 7.59. The van der Waals surface area contributed by atoms with Crippen LogP contribution in [0.15, 0.2) is 41.1 Å². The lowest BCUT2D eigenvalue weighted by Crippen LogP contribution is -2.00. The summed E-state index contributed by atoms with van der Waals surface area (Å²) in [6, 6.07) is 6.80. The highest BCUT2D eigenvalue weighted by Gasteiger charge is 2.03. The number of ether oxygens (including phenoxy) is 1. The highest BCUT2D eigenvalue weighted by atomic mass is 79.9. The maximum absolute atomic E-state index is 13.1. The van der Waals surface area contributed by atoms with Gasteiger partial charge in [-0.1, -0.05) is 0 Å². The van der Waals surface area contributed by atoms with Gasteiger partial charge in [0.25, 0.3) is 5.95 Å². The highest BCUT2D eigenvalue weighted by molar-refractivity contribution is 9.10. The number of rotatable bonds is 3. The molecule has 2 aromatic rings. The number of nitrogens with zero attached hydrogens (tertiary/aromatic N) is 2. The molecule has 0 aliphatic rings. The average molecular weight is 283 g/mol. The maximum atomic E-state index is 13.1. The quantitative estimate of drug-likeness (QED) is 0.812.